The molecule has 21 heavy (non-hydrogen) atoms. The molecule has 0 saturated carbocycles. The highest BCUT2D eigenvalue weighted by Gasteiger charge is 2.10. The van der Waals surface area contributed by atoms with Crippen LogP contribution in [0.1, 0.15) is 15.2 Å². The quantitative estimate of drug-likeness (QED) is 0.773. The van der Waals surface area contributed by atoms with Crippen molar-refractivity contribution in [3.05, 3.63) is 63.1 Å². The van der Waals surface area contributed by atoms with Gasteiger partial charge in [-0.25, -0.2) is 0 Å². The van der Waals surface area contributed by atoms with Crippen LogP contribution in [0.5, 0.6) is 0 Å². The maximum Gasteiger partial charge on any atom is 0.266 e. The first kappa shape index (κ1) is 14.0. The van der Waals surface area contributed by atoms with Gasteiger partial charge in [0.2, 0.25) is 0 Å². The number of carbonyl (C=O) groups is 1. The van der Waals surface area contributed by atoms with Gasteiger partial charge >= 0.3 is 0 Å². The second-order valence-corrected chi connectivity index (χ2v) is 6.77. The molecule has 0 radical (unpaired) electrons. The van der Waals surface area contributed by atoms with Gasteiger partial charge in [0.25, 0.3) is 5.91 Å². The lowest BCUT2D eigenvalue weighted by Crippen LogP contribution is -2.11. The van der Waals surface area contributed by atoms with Crippen LogP contribution < -0.4 is 5.32 Å². The molecule has 7 heteroatoms. The zero-order chi connectivity index (χ0) is 14.7. The topological polar surface area (TPSA) is 59.8 Å². The van der Waals surface area contributed by atoms with Crippen molar-refractivity contribution in [1.29, 1.82) is 0 Å². The number of nitrogens with zero attached hydrogens (tertiary/aromatic N) is 3. The molecule has 3 rings (SSSR count). The Balaban J connectivity index is 1.66. The van der Waals surface area contributed by atoms with E-state index in [9.17, 15) is 4.79 Å². The summed E-state index contributed by atoms with van der Waals surface area (Å²) >= 11 is 4.73. The highest BCUT2D eigenvalue weighted by molar-refractivity contribution is 9.11. The van der Waals surface area contributed by atoms with E-state index in [0.717, 1.165) is 9.35 Å². The molecule has 5 nitrogen and oxygen atoms in total. The zero-order valence-corrected chi connectivity index (χ0v) is 13.3. The lowest BCUT2D eigenvalue weighted by molar-refractivity contribution is 0.103. The first-order valence-corrected chi connectivity index (χ1v) is 7.81. The van der Waals surface area contributed by atoms with E-state index in [4.69, 9.17) is 0 Å². The van der Waals surface area contributed by atoms with Crippen LogP contribution in [-0.4, -0.2) is 20.7 Å². The summed E-state index contributed by atoms with van der Waals surface area (Å²) in [5.74, 6) is 0.387. The number of nitrogens with one attached hydrogen (secondary N) is 1. The van der Waals surface area contributed by atoms with Gasteiger partial charge in [-0.3, -0.25) is 14.5 Å². The number of anilines is 1. The van der Waals surface area contributed by atoms with Gasteiger partial charge in [0.1, 0.15) is 0 Å². The zero-order valence-electron chi connectivity index (χ0n) is 10.9. The monoisotopic (exact) mass is 362 g/mol. The van der Waals surface area contributed by atoms with Crippen molar-refractivity contribution >= 4 is 39.0 Å². The largest absolute Gasteiger partial charge is 0.304 e. The van der Waals surface area contributed by atoms with Gasteiger partial charge < -0.3 is 5.32 Å². The Labute approximate surface area is 133 Å². The van der Waals surface area contributed by atoms with E-state index in [-0.39, 0.29) is 5.91 Å². The third kappa shape index (κ3) is 3.56. The standard InChI is InChI=1S/C14H11BrN4OS/c15-12-2-1-11(21-12)14(20)17-13-5-8-19(18-13)9-10-3-6-16-7-4-10/h1-8H,9H2,(H,17,18,20). The number of rotatable bonds is 4. The van der Waals surface area contributed by atoms with Gasteiger partial charge in [0.15, 0.2) is 5.82 Å². The Hall–Kier alpha value is -1.99. The fourth-order valence-corrected chi connectivity index (χ4v) is 3.09. The molecular formula is C14H11BrN4OS. The molecule has 0 spiro atoms. The lowest BCUT2D eigenvalue weighted by Gasteiger charge is -2.01. The first-order valence-electron chi connectivity index (χ1n) is 6.20. The van der Waals surface area contributed by atoms with Crippen molar-refractivity contribution < 1.29 is 4.79 Å². The van der Waals surface area contributed by atoms with E-state index in [1.165, 1.54) is 11.3 Å². The molecule has 106 valence electrons. The number of halogens is 1. The molecule has 3 heterocycles. The minimum atomic E-state index is -0.153. The maximum atomic E-state index is 12.0. The Bertz CT molecular complexity index is 753. The van der Waals surface area contributed by atoms with Crippen LogP contribution in [0.25, 0.3) is 0 Å². The molecule has 0 unspecified atom stereocenters. The van der Waals surface area contributed by atoms with Crippen molar-refractivity contribution in [1.82, 2.24) is 14.8 Å². The van der Waals surface area contributed by atoms with Crippen LogP contribution in [0.4, 0.5) is 5.82 Å². The van der Waals surface area contributed by atoms with Crippen LogP contribution in [0, 0.1) is 0 Å². The van der Waals surface area contributed by atoms with Gasteiger partial charge in [0.05, 0.1) is 15.2 Å². The van der Waals surface area contributed by atoms with Crippen LogP contribution in [0.2, 0.25) is 0 Å². The molecule has 0 aromatic carbocycles. The number of aromatic nitrogens is 3. The molecule has 0 bridgehead atoms. The van der Waals surface area contributed by atoms with Crippen molar-refractivity contribution in [2.45, 2.75) is 6.54 Å². The van der Waals surface area contributed by atoms with Crippen LogP contribution >= 0.6 is 27.3 Å². The Kier molecular flexibility index (Phi) is 4.12. The summed E-state index contributed by atoms with van der Waals surface area (Å²) < 4.78 is 2.70. The van der Waals surface area contributed by atoms with E-state index < -0.39 is 0 Å². The highest BCUT2D eigenvalue weighted by atomic mass is 79.9. The Morgan fingerprint density at radius 1 is 1.24 bits per heavy atom. The second-order valence-electron chi connectivity index (χ2n) is 4.31. The van der Waals surface area contributed by atoms with Gasteiger partial charge in [-0.05, 0) is 45.8 Å². The minimum absolute atomic E-state index is 0.153. The molecule has 0 aliphatic heterocycles. The summed E-state index contributed by atoms with van der Waals surface area (Å²) in [6, 6.07) is 9.27. The van der Waals surface area contributed by atoms with Crippen LogP contribution in [0.3, 0.4) is 0 Å². The molecule has 0 aliphatic carbocycles. The summed E-state index contributed by atoms with van der Waals surface area (Å²) in [5, 5.41) is 7.12. The van der Waals surface area contributed by atoms with E-state index in [1.807, 2.05) is 24.4 Å². The van der Waals surface area contributed by atoms with Crippen molar-refractivity contribution in [2.24, 2.45) is 0 Å². The Morgan fingerprint density at radius 2 is 2.05 bits per heavy atom. The summed E-state index contributed by atoms with van der Waals surface area (Å²) in [5.41, 5.74) is 1.10. The van der Waals surface area contributed by atoms with Gasteiger partial charge in [-0.15, -0.1) is 11.3 Å². The average Bonchev–Trinajstić information content (AvgIpc) is 3.09. The van der Waals surface area contributed by atoms with E-state index in [2.05, 4.69) is 31.3 Å². The molecular weight excluding hydrogens is 352 g/mol. The number of carbonyl (C=O) groups excluding carboxylic acids is 1. The SMILES string of the molecule is O=C(Nc1ccn(Cc2ccncc2)n1)c1ccc(Br)s1. The number of thiophene rings is 1. The number of pyridine rings is 1. The molecule has 0 aliphatic rings. The molecule has 3 aromatic heterocycles. The molecule has 3 aromatic rings. The summed E-state index contributed by atoms with van der Waals surface area (Å²) in [7, 11) is 0. The third-order valence-corrected chi connectivity index (χ3v) is 4.40. The highest BCUT2D eigenvalue weighted by Crippen LogP contribution is 2.22. The van der Waals surface area contributed by atoms with Crippen molar-refractivity contribution in [3.63, 3.8) is 0 Å². The van der Waals surface area contributed by atoms with Gasteiger partial charge in [0, 0.05) is 24.7 Å². The fourth-order valence-electron chi connectivity index (χ4n) is 1.81. The molecule has 0 atom stereocenters. The Morgan fingerprint density at radius 3 is 2.76 bits per heavy atom. The molecule has 1 N–H and O–H groups in total. The lowest BCUT2D eigenvalue weighted by atomic mass is 10.3. The minimum Gasteiger partial charge on any atom is -0.304 e. The van der Waals surface area contributed by atoms with Gasteiger partial charge in [-0.1, -0.05) is 0 Å². The van der Waals surface area contributed by atoms with E-state index in [0.29, 0.717) is 17.2 Å². The van der Waals surface area contributed by atoms with Crippen LogP contribution in [-0.2, 0) is 6.54 Å². The van der Waals surface area contributed by atoms with Crippen molar-refractivity contribution in [3.8, 4) is 0 Å². The first-order chi connectivity index (χ1) is 10.2. The third-order valence-electron chi connectivity index (χ3n) is 2.77. The van der Waals surface area contributed by atoms with Gasteiger partial charge in [-0.2, -0.15) is 5.10 Å². The number of hydrogen-bond acceptors (Lipinski definition) is 4. The summed E-state index contributed by atoms with van der Waals surface area (Å²) in [6.45, 7) is 0.642. The van der Waals surface area contributed by atoms with E-state index >= 15 is 0 Å². The summed E-state index contributed by atoms with van der Waals surface area (Å²) in [4.78, 5) is 16.6. The predicted octanol–water partition coefficient (Wildman–Crippen LogP) is 3.40. The number of hydrogen-bond donors (Lipinski definition) is 1. The summed E-state index contributed by atoms with van der Waals surface area (Å²) in [6.07, 6.45) is 5.33. The van der Waals surface area contributed by atoms with Crippen LogP contribution in [0.15, 0.2) is 52.7 Å². The maximum absolute atomic E-state index is 12.0. The molecule has 0 fully saturated rings. The van der Waals surface area contributed by atoms with Crippen molar-refractivity contribution in [2.75, 3.05) is 5.32 Å². The fraction of sp³-hybridized carbons (Fsp3) is 0.0714. The smallest absolute Gasteiger partial charge is 0.266 e. The number of amides is 1. The predicted molar refractivity (Wildman–Crippen MR) is 85.5 cm³/mol. The second kappa shape index (κ2) is 6.19. The van der Waals surface area contributed by atoms with E-state index in [1.54, 1.807) is 29.2 Å². The average molecular weight is 363 g/mol. The molecule has 0 saturated heterocycles. The normalized spacial score (nSPS) is 10.5. The molecule has 1 amide bonds.